The average molecular weight is 420 g/mol. The first-order valence-corrected chi connectivity index (χ1v) is 11.4. The summed E-state index contributed by atoms with van der Waals surface area (Å²) in [6.07, 6.45) is 0. The van der Waals surface area contributed by atoms with E-state index in [-0.39, 0.29) is 34.5 Å². The van der Waals surface area contributed by atoms with Crippen molar-refractivity contribution in [2.75, 3.05) is 16.8 Å². The molecule has 2 aromatic rings. The maximum atomic E-state index is 12.9. The molecule has 146 valence electrons. The molecule has 0 bridgehead atoms. The average Bonchev–Trinajstić information content (AvgIpc) is 3.14. The Morgan fingerprint density at radius 1 is 1.11 bits per heavy atom. The SMILES string of the molecule is O=C(NCc1ccc(F)cc1)c1ccc(NC2=NC3CS(=O)(=O)CC3S2)cc1. The topological polar surface area (TPSA) is 87.6 Å². The van der Waals surface area contributed by atoms with Crippen LogP contribution in [0.5, 0.6) is 0 Å². The first-order valence-electron chi connectivity index (χ1n) is 8.73. The Bertz CT molecular complexity index is 1020. The summed E-state index contributed by atoms with van der Waals surface area (Å²) in [5.41, 5.74) is 2.11. The molecule has 0 aromatic heterocycles. The number of aliphatic imine (C=N–C) groups is 1. The van der Waals surface area contributed by atoms with Crippen LogP contribution in [-0.4, -0.2) is 42.3 Å². The molecule has 2 heterocycles. The smallest absolute Gasteiger partial charge is 0.251 e. The highest BCUT2D eigenvalue weighted by atomic mass is 32.2. The molecule has 2 aliphatic rings. The van der Waals surface area contributed by atoms with Crippen LogP contribution in [0.2, 0.25) is 0 Å². The van der Waals surface area contributed by atoms with Crippen LogP contribution in [-0.2, 0) is 16.4 Å². The minimum absolute atomic E-state index is 0.0102. The molecule has 2 unspecified atom stereocenters. The zero-order valence-corrected chi connectivity index (χ0v) is 16.4. The monoisotopic (exact) mass is 419 g/mol. The Balaban J connectivity index is 1.32. The summed E-state index contributed by atoms with van der Waals surface area (Å²) in [4.78, 5) is 16.7. The van der Waals surface area contributed by atoms with Crippen molar-refractivity contribution in [1.29, 1.82) is 0 Å². The largest absolute Gasteiger partial charge is 0.348 e. The maximum absolute atomic E-state index is 12.9. The van der Waals surface area contributed by atoms with Crippen molar-refractivity contribution in [1.82, 2.24) is 5.32 Å². The molecule has 2 aliphatic heterocycles. The van der Waals surface area contributed by atoms with Crippen molar-refractivity contribution in [2.45, 2.75) is 17.8 Å². The van der Waals surface area contributed by atoms with Gasteiger partial charge in [-0.2, -0.15) is 0 Å². The molecule has 1 fully saturated rings. The van der Waals surface area contributed by atoms with Gasteiger partial charge in [-0.1, -0.05) is 23.9 Å². The van der Waals surface area contributed by atoms with Gasteiger partial charge in [0.25, 0.3) is 5.91 Å². The summed E-state index contributed by atoms with van der Waals surface area (Å²) in [5.74, 6) is -0.246. The van der Waals surface area contributed by atoms with Gasteiger partial charge in [-0.05, 0) is 42.0 Å². The van der Waals surface area contributed by atoms with Crippen molar-refractivity contribution in [3.8, 4) is 0 Å². The lowest BCUT2D eigenvalue weighted by atomic mass is 10.1. The molecular formula is C19H18FN3O3S2. The van der Waals surface area contributed by atoms with E-state index < -0.39 is 9.84 Å². The number of hydrogen-bond donors (Lipinski definition) is 2. The third-order valence-corrected chi connectivity index (χ3v) is 7.72. The second kappa shape index (κ2) is 7.56. The minimum atomic E-state index is -2.96. The van der Waals surface area contributed by atoms with Gasteiger partial charge in [0.15, 0.2) is 15.0 Å². The fourth-order valence-corrected chi connectivity index (χ4v) is 6.81. The quantitative estimate of drug-likeness (QED) is 0.795. The van der Waals surface area contributed by atoms with Gasteiger partial charge in [0.05, 0.1) is 17.5 Å². The van der Waals surface area contributed by atoms with Crippen LogP contribution < -0.4 is 10.6 Å². The first kappa shape index (κ1) is 18.9. The number of sulfone groups is 1. The van der Waals surface area contributed by atoms with Crippen LogP contribution in [0.4, 0.5) is 10.1 Å². The molecule has 4 rings (SSSR count). The van der Waals surface area contributed by atoms with Gasteiger partial charge in [0.1, 0.15) is 5.82 Å². The van der Waals surface area contributed by atoms with Crippen LogP contribution >= 0.6 is 11.8 Å². The fraction of sp³-hybridized carbons (Fsp3) is 0.263. The van der Waals surface area contributed by atoms with E-state index in [1.165, 1.54) is 23.9 Å². The second-order valence-electron chi connectivity index (χ2n) is 6.75. The van der Waals surface area contributed by atoms with Crippen molar-refractivity contribution >= 4 is 38.4 Å². The number of thioether (sulfide) groups is 1. The van der Waals surface area contributed by atoms with E-state index in [1.807, 2.05) is 0 Å². The Labute approximate surface area is 166 Å². The minimum Gasteiger partial charge on any atom is -0.348 e. The Morgan fingerprint density at radius 2 is 1.82 bits per heavy atom. The summed E-state index contributed by atoms with van der Waals surface area (Å²) in [6, 6.07) is 12.8. The second-order valence-corrected chi connectivity index (χ2v) is 10.1. The molecule has 0 saturated carbocycles. The molecule has 1 saturated heterocycles. The molecule has 0 aliphatic carbocycles. The Kier molecular flexibility index (Phi) is 5.11. The summed E-state index contributed by atoms with van der Waals surface area (Å²) in [6.45, 7) is 0.318. The van der Waals surface area contributed by atoms with Gasteiger partial charge < -0.3 is 10.6 Å². The lowest BCUT2D eigenvalue weighted by Crippen LogP contribution is -2.22. The molecular weight excluding hydrogens is 401 g/mol. The van der Waals surface area contributed by atoms with E-state index in [0.29, 0.717) is 17.3 Å². The van der Waals surface area contributed by atoms with Gasteiger partial charge >= 0.3 is 0 Å². The van der Waals surface area contributed by atoms with Crippen LogP contribution in [0, 0.1) is 5.82 Å². The molecule has 2 N–H and O–H groups in total. The highest BCUT2D eigenvalue weighted by molar-refractivity contribution is 8.15. The molecule has 0 spiro atoms. The van der Waals surface area contributed by atoms with E-state index in [1.54, 1.807) is 36.4 Å². The van der Waals surface area contributed by atoms with Gasteiger partial charge in [-0.15, -0.1) is 0 Å². The number of amides is 1. The number of hydrogen-bond acceptors (Lipinski definition) is 6. The number of anilines is 1. The van der Waals surface area contributed by atoms with E-state index in [2.05, 4.69) is 15.6 Å². The van der Waals surface area contributed by atoms with Crippen molar-refractivity contribution in [2.24, 2.45) is 4.99 Å². The van der Waals surface area contributed by atoms with Crippen molar-refractivity contribution < 1.29 is 17.6 Å². The number of nitrogens with zero attached hydrogens (tertiary/aromatic N) is 1. The first-order chi connectivity index (χ1) is 13.4. The summed E-state index contributed by atoms with van der Waals surface area (Å²) in [5, 5.41) is 6.67. The number of carbonyl (C=O) groups is 1. The standard InChI is InChI=1S/C19H18FN3O3S2/c20-14-5-1-12(2-6-14)9-21-18(24)13-3-7-15(8-4-13)22-19-23-16-10-28(25,26)11-17(16)27-19/h1-8,16-17H,9-11H2,(H,21,24)(H,22,23). The molecule has 2 atom stereocenters. The van der Waals surface area contributed by atoms with Crippen LogP contribution in [0.1, 0.15) is 15.9 Å². The van der Waals surface area contributed by atoms with Gasteiger partial charge in [-0.3, -0.25) is 9.79 Å². The Hall–Kier alpha value is -2.39. The van der Waals surface area contributed by atoms with Crippen molar-refractivity contribution in [3.05, 3.63) is 65.5 Å². The summed E-state index contributed by atoms with van der Waals surface area (Å²) < 4.78 is 36.1. The zero-order chi connectivity index (χ0) is 19.7. The number of fused-ring (bicyclic) bond motifs is 1. The number of rotatable bonds is 4. The summed E-state index contributed by atoms with van der Waals surface area (Å²) >= 11 is 1.45. The van der Waals surface area contributed by atoms with Crippen molar-refractivity contribution in [3.63, 3.8) is 0 Å². The molecule has 2 aromatic carbocycles. The van der Waals surface area contributed by atoms with E-state index >= 15 is 0 Å². The van der Waals surface area contributed by atoms with Gasteiger partial charge in [-0.25, -0.2) is 12.8 Å². The molecule has 1 amide bonds. The molecule has 9 heteroatoms. The lowest BCUT2D eigenvalue weighted by Gasteiger charge is -2.09. The van der Waals surface area contributed by atoms with Gasteiger partial charge in [0.2, 0.25) is 0 Å². The molecule has 6 nitrogen and oxygen atoms in total. The third-order valence-electron chi connectivity index (χ3n) is 4.58. The number of carbonyl (C=O) groups excluding carboxylic acids is 1. The third kappa shape index (κ3) is 4.36. The Morgan fingerprint density at radius 3 is 2.50 bits per heavy atom. The van der Waals surface area contributed by atoms with Crippen LogP contribution in [0.15, 0.2) is 53.5 Å². The van der Waals surface area contributed by atoms with E-state index in [4.69, 9.17) is 0 Å². The van der Waals surface area contributed by atoms with E-state index in [0.717, 1.165) is 11.3 Å². The molecule has 0 radical (unpaired) electrons. The van der Waals surface area contributed by atoms with Crippen LogP contribution in [0.25, 0.3) is 0 Å². The highest BCUT2D eigenvalue weighted by Gasteiger charge is 2.42. The van der Waals surface area contributed by atoms with Crippen LogP contribution in [0.3, 0.4) is 0 Å². The zero-order valence-electron chi connectivity index (χ0n) is 14.8. The predicted molar refractivity (Wildman–Crippen MR) is 109 cm³/mol. The predicted octanol–water partition coefficient (Wildman–Crippen LogP) is 2.44. The fourth-order valence-electron chi connectivity index (χ4n) is 3.13. The number of benzene rings is 2. The maximum Gasteiger partial charge on any atom is 0.251 e. The lowest BCUT2D eigenvalue weighted by molar-refractivity contribution is 0.0951. The van der Waals surface area contributed by atoms with Gasteiger partial charge in [0, 0.05) is 23.0 Å². The normalized spacial score (nSPS) is 22.4. The number of halogens is 1. The highest BCUT2D eigenvalue weighted by Crippen LogP contribution is 2.34. The molecule has 28 heavy (non-hydrogen) atoms. The number of nitrogens with one attached hydrogen (secondary N) is 2. The number of amidine groups is 1. The van der Waals surface area contributed by atoms with E-state index in [9.17, 15) is 17.6 Å². The summed E-state index contributed by atoms with van der Waals surface area (Å²) in [7, 11) is -2.96.